The van der Waals surface area contributed by atoms with Crippen LogP contribution in [0.1, 0.15) is 15.2 Å². The molecule has 158 valence electrons. The summed E-state index contributed by atoms with van der Waals surface area (Å²) >= 11 is 1.28. The lowest BCUT2D eigenvalue weighted by Gasteiger charge is -2.13. The normalized spacial score (nSPS) is 10.8. The van der Waals surface area contributed by atoms with E-state index in [1.807, 2.05) is 61.5 Å². The van der Waals surface area contributed by atoms with Crippen molar-refractivity contribution in [2.24, 2.45) is 0 Å². The Morgan fingerprint density at radius 2 is 1.81 bits per heavy atom. The van der Waals surface area contributed by atoms with E-state index in [1.54, 1.807) is 7.11 Å². The van der Waals surface area contributed by atoms with Crippen LogP contribution < -0.4 is 10.1 Å². The van der Waals surface area contributed by atoms with Gasteiger partial charge in [0, 0.05) is 7.11 Å². The van der Waals surface area contributed by atoms with Crippen molar-refractivity contribution in [2.45, 2.75) is 6.92 Å². The number of thiophene rings is 1. The molecule has 0 bridgehead atoms. The number of ether oxygens (including phenoxy) is 3. The number of carbonyl (C=O) groups is 1. The van der Waals surface area contributed by atoms with E-state index < -0.39 is 5.97 Å². The zero-order valence-corrected chi connectivity index (χ0v) is 17.9. The molecule has 0 radical (unpaired) electrons. The van der Waals surface area contributed by atoms with Crippen LogP contribution in [-0.4, -0.2) is 36.3 Å². The van der Waals surface area contributed by atoms with Crippen LogP contribution in [-0.2, 0) is 9.47 Å². The number of aromatic nitrogens is 2. The van der Waals surface area contributed by atoms with Gasteiger partial charge in [-0.1, -0.05) is 30.3 Å². The second-order valence-corrected chi connectivity index (χ2v) is 7.62. The van der Waals surface area contributed by atoms with Crippen LogP contribution in [0.5, 0.6) is 11.5 Å². The third kappa shape index (κ3) is 4.65. The van der Waals surface area contributed by atoms with Crippen LogP contribution in [0, 0.1) is 6.92 Å². The number of fused-ring (bicyclic) bond motifs is 1. The Hall–Kier alpha value is -3.49. The van der Waals surface area contributed by atoms with Gasteiger partial charge >= 0.3 is 5.97 Å². The molecule has 1 N–H and O–H groups in total. The monoisotopic (exact) mass is 435 g/mol. The molecule has 0 saturated carbocycles. The van der Waals surface area contributed by atoms with Crippen LogP contribution in [0.4, 0.5) is 11.5 Å². The summed E-state index contributed by atoms with van der Waals surface area (Å²) < 4.78 is 16.3. The standard InChI is InChI=1S/C23H21N3O4S/c1-15-19-21(24-14-25-22(19)31-20(15)23(27)29-13-12-28-2)26-17-10-6-7-11-18(17)30-16-8-4-3-5-9-16/h3-11,14H,12-13H2,1-2H3,(H,24,25,26). The first-order valence-electron chi connectivity index (χ1n) is 9.66. The predicted molar refractivity (Wildman–Crippen MR) is 121 cm³/mol. The number of methoxy groups -OCH3 is 1. The molecule has 4 rings (SSSR count). The quantitative estimate of drug-likeness (QED) is 0.295. The van der Waals surface area contributed by atoms with Crippen LogP contribution in [0.25, 0.3) is 10.2 Å². The zero-order valence-electron chi connectivity index (χ0n) is 17.1. The van der Waals surface area contributed by atoms with Crippen LogP contribution >= 0.6 is 11.3 Å². The van der Waals surface area contributed by atoms with E-state index in [1.165, 1.54) is 17.7 Å². The number of hydrogen-bond acceptors (Lipinski definition) is 8. The SMILES string of the molecule is COCCOC(=O)c1sc2ncnc(Nc3ccccc3Oc3ccccc3)c2c1C. The summed E-state index contributed by atoms with van der Waals surface area (Å²) in [6, 6.07) is 17.2. The molecule has 0 amide bonds. The Bertz CT molecular complexity index is 1190. The van der Waals surface area contributed by atoms with E-state index in [2.05, 4.69) is 15.3 Å². The molecule has 7 nitrogen and oxygen atoms in total. The maximum atomic E-state index is 12.5. The Morgan fingerprint density at radius 3 is 2.61 bits per heavy atom. The van der Waals surface area contributed by atoms with Crippen molar-refractivity contribution < 1.29 is 19.0 Å². The molecule has 0 aliphatic rings. The molecule has 31 heavy (non-hydrogen) atoms. The summed E-state index contributed by atoms with van der Waals surface area (Å²) in [7, 11) is 1.56. The number of carbonyl (C=O) groups excluding carboxylic acids is 1. The van der Waals surface area contributed by atoms with Gasteiger partial charge in [-0.05, 0) is 36.8 Å². The van der Waals surface area contributed by atoms with E-state index in [-0.39, 0.29) is 6.61 Å². The van der Waals surface area contributed by atoms with E-state index >= 15 is 0 Å². The number of anilines is 2. The molecule has 2 aromatic heterocycles. The molecule has 2 heterocycles. The van der Waals surface area contributed by atoms with Gasteiger partial charge in [0.05, 0.1) is 17.7 Å². The van der Waals surface area contributed by atoms with Crippen molar-refractivity contribution in [1.29, 1.82) is 0 Å². The maximum absolute atomic E-state index is 12.5. The topological polar surface area (TPSA) is 82.6 Å². The summed E-state index contributed by atoms with van der Waals surface area (Å²) in [5.74, 6) is 1.60. The predicted octanol–water partition coefficient (Wildman–Crippen LogP) is 5.34. The van der Waals surface area contributed by atoms with E-state index in [0.717, 1.165) is 22.4 Å². The largest absolute Gasteiger partial charge is 0.459 e. The van der Waals surface area contributed by atoms with E-state index in [4.69, 9.17) is 14.2 Å². The van der Waals surface area contributed by atoms with Crippen LogP contribution in [0.2, 0.25) is 0 Å². The first-order valence-corrected chi connectivity index (χ1v) is 10.5. The average Bonchev–Trinajstić information content (AvgIpc) is 3.13. The second-order valence-electron chi connectivity index (χ2n) is 6.62. The first-order chi connectivity index (χ1) is 15.2. The number of nitrogens with zero attached hydrogens (tertiary/aromatic N) is 2. The molecule has 0 atom stereocenters. The van der Waals surface area contributed by atoms with Gasteiger partial charge in [-0.25, -0.2) is 14.8 Å². The van der Waals surface area contributed by atoms with Crippen molar-refractivity contribution in [2.75, 3.05) is 25.6 Å². The summed E-state index contributed by atoms with van der Waals surface area (Å²) in [6.07, 6.45) is 1.47. The van der Waals surface area contributed by atoms with Gasteiger partial charge in [0.1, 0.15) is 34.2 Å². The Labute approximate surface area is 183 Å². The van der Waals surface area contributed by atoms with Crippen molar-refractivity contribution in [3.05, 3.63) is 71.4 Å². The fourth-order valence-corrected chi connectivity index (χ4v) is 4.09. The van der Waals surface area contributed by atoms with Gasteiger partial charge in [-0.15, -0.1) is 11.3 Å². The lowest BCUT2D eigenvalue weighted by atomic mass is 10.2. The average molecular weight is 436 g/mol. The molecule has 0 fully saturated rings. The molecular formula is C23H21N3O4S. The van der Waals surface area contributed by atoms with Crippen LogP contribution in [0.15, 0.2) is 60.9 Å². The third-order valence-corrected chi connectivity index (χ3v) is 5.72. The Morgan fingerprint density at radius 1 is 1.03 bits per heavy atom. The van der Waals surface area contributed by atoms with E-state index in [0.29, 0.717) is 27.9 Å². The number of benzene rings is 2. The van der Waals surface area contributed by atoms with Gasteiger partial charge < -0.3 is 19.5 Å². The summed E-state index contributed by atoms with van der Waals surface area (Å²) in [4.78, 5) is 22.4. The zero-order chi connectivity index (χ0) is 21.6. The molecule has 2 aromatic carbocycles. The maximum Gasteiger partial charge on any atom is 0.348 e. The highest BCUT2D eigenvalue weighted by molar-refractivity contribution is 7.20. The van der Waals surface area contributed by atoms with Gasteiger partial charge in [-0.2, -0.15) is 0 Å². The summed E-state index contributed by atoms with van der Waals surface area (Å²) in [5.41, 5.74) is 1.52. The summed E-state index contributed by atoms with van der Waals surface area (Å²) in [6.45, 7) is 2.41. The smallest absolute Gasteiger partial charge is 0.348 e. The molecule has 8 heteroatoms. The minimum atomic E-state index is -0.392. The fraction of sp³-hybridized carbons (Fsp3) is 0.174. The lowest BCUT2D eigenvalue weighted by molar-refractivity contribution is 0.0393. The molecule has 0 aliphatic heterocycles. The molecule has 4 aromatic rings. The lowest BCUT2D eigenvalue weighted by Crippen LogP contribution is -2.09. The molecular weight excluding hydrogens is 414 g/mol. The number of aryl methyl sites for hydroxylation is 1. The Balaban J connectivity index is 1.65. The number of esters is 1. The highest BCUT2D eigenvalue weighted by Gasteiger charge is 2.21. The summed E-state index contributed by atoms with van der Waals surface area (Å²) in [5, 5.41) is 4.12. The minimum absolute atomic E-state index is 0.198. The van der Waals surface area contributed by atoms with Gasteiger partial charge in [0.15, 0.2) is 5.75 Å². The minimum Gasteiger partial charge on any atom is -0.459 e. The fourth-order valence-electron chi connectivity index (χ4n) is 3.05. The highest BCUT2D eigenvalue weighted by Crippen LogP contribution is 2.37. The molecule has 0 unspecified atom stereocenters. The highest BCUT2D eigenvalue weighted by atomic mass is 32.1. The number of hydrogen-bond donors (Lipinski definition) is 1. The van der Waals surface area contributed by atoms with Gasteiger partial charge in [0.25, 0.3) is 0 Å². The second kappa shape index (κ2) is 9.55. The third-order valence-electron chi connectivity index (χ3n) is 4.54. The van der Waals surface area contributed by atoms with Crippen molar-refractivity contribution in [3.63, 3.8) is 0 Å². The molecule has 0 aliphatic carbocycles. The number of nitrogens with one attached hydrogen (secondary N) is 1. The van der Waals surface area contributed by atoms with Crippen molar-refractivity contribution in [3.8, 4) is 11.5 Å². The van der Waals surface area contributed by atoms with E-state index in [9.17, 15) is 4.79 Å². The molecule has 0 spiro atoms. The van der Waals surface area contributed by atoms with Crippen LogP contribution in [0.3, 0.4) is 0 Å². The van der Waals surface area contributed by atoms with Gasteiger partial charge in [-0.3, -0.25) is 0 Å². The molecule has 0 saturated heterocycles. The van der Waals surface area contributed by atoms with Crippen molar-refractivity contribution >= 4 is 39.0 Å². The first kappa shape index (κ1) is 20.8. The Kier molecular flexibility index (Phi) is 6.40. The number of para-hydroxylation sites is 3. The van der Waals surface area contributed by atoms with Crippen molar-refractivity contribution in [1.82, 2.24) is 9.97 Å². The number of rotatable bonds is 8. The van der Waals surface area contributed by atoms with Gasteiger partial charge in [0.2, 0.25) is 0 Å².